The average Bonchev–Trinajstić information content (AvgIpc) is 2.61. The number of benzene rings is 1. The smallest absolute Gasteiger partial charge is 0.222 e. The largest absolute Gasteiger partial charge is 0.389 e. The predicted octanol–water partition coefficient (Wildman–Crippen LogP) is 3.36. The van der Waals surface area contributed by atoms with Gasteiger partial charge in [0.25, 0.3) is 0 Å². The number of rotatable bonds is 5. The zero-order valence-electron chi connectivity index (χ0n) is 14.4. The van der Waals surface area contributed by atoms with Gasteiger partial charge in [-0.2, -0.15) is 0 Å². The molecule has 1 aromatic rings. The Balaban J connectivity index is 1.53. The van der Waals surface area contributed by atoms with Crippen LogP contribution in [0.4, 0.5) is 0 Å². The van der Waals surface area contributed by atoms with Crippen LogP contribution in [0.3, 0.4) is 0 Å². The highest BCUT2D eigenvalue weighted by molar-refractivity contribution is 5.77. The van der Waals surface area contributed by atoms with Crippen LogP contribution in [-0.2, 0) is 9.53 Å². The van der Waals surface area contributed by atoms with E-state index in [0.29, 0.717) is 12.5 Å². The molecule has 1 aliphatic heterocycles. The van der Waals surface area contributed by atoms with E-state index in [0.717, 1.165) is 45.1 Å². The molecule has 2 N–H and O–H groups in total. The number of aliphatic hydroxyl groups is 1. The molecule has 132 valence electrons. The highest BCUT2D eigenvalue weighted by atomic mass is 16.5. The SMILES string of the molecule is O=C(CC1(O)CCCCC1)NCC1CCCOC1c1ccccc1. The van der Waals surface area contributed by atoms with Crippen molar-refractivity contribution < 1.29 is 14.6 Å². The average molecular weight is 331 g/mol. The van der Waals surface area contributed by atoms with Crippen LogP contribution in [0, 0.1) is 5.92 Å². The summed E-state index contributed by atoms with van der Waals surface area (Å²) in [5, 5.41) is 13.6. The third-order valence-electron chi connectivity index (χ3n) is 5.41. The molecule has 0 radical (unpaired) electrons. The van der Waals surface area contributed by atoms with Crippen molar-refractivity contribution in [2.24, 2.45) is 5.92 Å². The van der Waals surface area contributed by atoms with E-state index in [9.17, 15) is 9.90 Å². The molecule has 1 aliphatic carbocycles. The lowest BCUT2D eigenvalue weighted by Crippen LogP contribution is -2.41. The molecule has 3 rings (SSSR count). The van der Waals surface area contributed by atoms with Gasteiger partial charge in [0.05, 0.1) is 18.1 Å². The van der Waals surface area contributed by atoms with Crippen molar-refractivity contribution in [3.05, 3.63) is 35.9 Å². The number of amides is 1. The molecule has 0 spiro atoms. The van der Waals surface area contributed by atoms with Crippen molar-refractivity contribution in [2.45, 2.75) is 63.1 Å². The fraction of sp³-hybridized carbons (Fsp3) is 0.650. The van der Waals surface area contributed by atoms with Gasteiger partial charge in [0, 0.05) is 19.1 Å². The van der Waals surface area contributed by atoms with Gasteiger partial charge in [0.15, 0.2) is 0 Å². The Morgan fingerprint density at radius 1 is 1.17 bits per heavy atom. The van der Waals surface area contributed by atoms with E-state index in [1.54, 1.807) is 0 Å². The van der Waals surface area contributed by atoms with Gasteiger partial charge < -0.3 is 15.2 Å². The first-order valence-electron chi connectivity index (χ1n) is 9.32. The fourth-order valence-corrected chi connectivity index (χ4v) is 4.06. The third kappa shape index (κ3) is 4.58. The molecular formula is C20H29NO3. The number of carbonyl (C=O) groups is 1. The van der Waals surface area contributed by atoms with E-state index in [1.807, 2.05) is 18.2 Å². The monoisotopic (exact) mass is 331 g/mol. The number of ether oxygens (including phenoxy) is 1. The van der Waals surface area contributed by atoms with Gasteiger partial charge in [0.2, 0.25) is 5.91 Å². The van der Waals surface area contributed by atoms with Gasteiger partial charge in [-0.1, -0.05) is 49.6 Å². The van der Waals surface area contributed by atoms with E-state index in [4.69, 9.17) is 4.74 Å². The normalized spacial score (nSPS) is 26.7. The molecule has 1 saturated carbocycles. The van der Waals surface area contributed by atoms with Crippen LogP contribution in [0.5, 0.6) is 0 Å². The zero-order chi connectivity index (χ0) is 16.8. The van der Waals surface area contributed by atoms with Crippen molar-refractivity contribution >= 4 is 5.91 Å². The Morgan fingerprint density at radius 2 is 1.92 bits per heavy atom. The Kier molecular flexibility index (Phi) is 5.90. The number of carbonyl (C=O) groups excluding carboxylic acids is 1. The van der Waals surface area contributed by atoms with Crippen molar-refractivity contribution in [1.29, 1.82) is 0 Å². The fourth-order valence-electron chi connectivity index (χ4n) is 4.06. The van der Waals surface area contributed by atoms with Crippen LogP contribution >= 0.6 is 0 Å². The van der Waals surface area contributed by atoms with Crippen LogP contribution in [0.2, 0.25) is 0 Å². The second kappa shape index (κ2) is 8.13. The molecule has 1 heterocycles. The molecule has 4 heteroatoms. The molecule has 2 aliphatic rings. The van der Waals surface area contributed by atoms with Gasteiger partial charge in [-0.25, -0.2) is 0 Å². The minimum atomic E-state index is -0.787. The Morgan fingerprint density at radius 3 is 2.67 bits per heavy atom. The summed E-state index contributed by atoms with van der Waals surface area (Å²) < 4.78 is 5.98. The van der Waals surface area contributed by atoms with Gasteiger partial charge in [-0.3, -0.25) is 4.79 Å². The highest BCUT2D eigenvalue weighted by Gasteiger charge is 2.32. The first kappa shape index (κ1) is 17.4. The summed E-state index contributed by atoms with van der Waals surface area (Å²) in [6.07, 6.45) is 7.10. The lowest BCUT2D eigenvalue weighted by Gasteiger charge is -2.34. The molecule has 1 aromatic carbocycles. The summed E-state index contributed by atoms with van der Waals surface area (Å²) in [6.45, 7) is 1.40. The quantitative estimate of drug-likeness (QED) is 0.870. The summed E-state index contributed by atoms with van der Waals surface area (Å²) in [5.74, 6) is 0.267. The number of hydrogen-bond donors (Lipinski definition) is 2. The van der Waals surface area contributed by atoms with Crippen LogP contribution in [0.1, 0.15) is 63.0 Å². The van der Waals surface area contributed by atoms with Gasteiger partial charge in [-0.05, 0) is 31.2 Å². The Hall–Kier alpha value is -1.39. The van der Waals surface area contributed by atoms with E-state index < -0.39 is 5.60 Å². The summed E-state index contributed by atoms with van der Waals surface area (Å²) in [4.78, 5) is 12.3. The summed E-state index contributed by atoms with van der Waals surface area (Å²) >= 11 is 0. The standard InChI is InChI=1S/C20H29NO3/c22-18(14-20(23)11-5-2-6-12-20)21-15-17-10-7-13-24-19(17)16-8-3-1-4-9-16/h1,3-4,8-9,17,19,23H,2,5-7,10-15H2,(H,21,22). The number of nitrogens with one attached hydrogen (secondary N) is 1. The van der Waals surface area contributed by atoms with Crippen molar-refractivity contribution in [3.63, 3.8) is 0 Å². The Bertz CT molecular complexity index is 525. The predicted molar refractivity (Wildman–Crippen MR) is 93.5 cm³/mol. The third-order valence-corrected chi connectivity index (χ3v) is 5.41. The molecule has 1 saturated heterocycles. The minimum absolute atomic E-state index is 0.0308. The maximum Gasteiger partial charge on any atom is 0.222 e. The molecule has 0 aromatic heterocycles. The lowest BCUT2D eigenvalue weighted by molar-refractivity contribution is -0.128. The van der Waals surface area contributed by atoms with Crippen LogP contribution in [0.15, 0.2) is 30.3 Å². The second-order valence-electron chi connectivity index (χ2n) is 7.37. The molecular weight excluding hydrogens is 302 g/mol. The van der Waals surface area contributed by atoms with Crippen molar-refractivity contribution in [1.82, 2.24) is 5.32 Å². The van der Waals surface area contributed by atoms with Gasteiger partial charge in [-0.15, -0.1) is 0 Å². The van der Waals surface area contributed by atoms with E-state index in [-0.39, 0.29) is 18.4 Å². The van der Waals surface area contributed by atoms with E-state index >= 15 is 0 Å². The lowest BCUT2D eigenvalue weighted by atomic mass is 9.82. The molecule has 0 bridgehead atoms. The van der Waals surface area contributed by atoms with E-state index in [2.05, 4.69) is 17.4 Å². The molecule has 1 amide bonds. The van der Waals surface area contributed by atoms with Crippen LogP contribution in [0.25, 0.3) is 0 Å². The zero-order valence-corrected chi connectivity index (χ0v) is 14.4. The summed E-state index contributed by atoms with van der Waals surface area (Å²) in [5.41, 5.74) is 0.395. The molecule has 2 unspecified atom stereocenters. The maximum absolute atomic E-state index is 12.3. The van der Waals surface area contributed by atoms with E-state index in [1.165, 1.54) is 12.0 Å². The van der Waals surface area contributed by atoms with Crippen LogP contribution < -0.4 is 5.32 Å². The van der Waals surface area contributed by atoms with Gasteiger partial charge in [0.1, 0.15) is 0 Å². The topological polar surface area (TPSA) is 58.6 Å². The van der Waals surface area contributed by atoms with Crippen molar-refractivity contribution in [2.75, 3.05) is 13.2 Å². The Labute approximate surface area is 144 Å². The number of hydrogen-bond acceptors (Lipinski definition) is 3. The summed E-state index contributed by atoms with van der Waals surface area (Å²) in [7, 11) is 0. The highest BCUT2D eigenvalue weighted by Crippen LogP contribution is 2.34. The molecule has 2 atom stereocenters. The second-order valence-corrected chi connectivity index (χ2v) is 7.37. The minimum Gasteiger partial charge on any atom is -0.389 e. The molecule has 4 nitrogen and oxygen atoms in total. The van der Waals surface area contributed by atoms with Gasteiger partial charge >= 0.3 is 0 Å². The molecule has 2 fully saturated rings. The first-order valence-corrected chi connectivity index (χ1v) is 9.32. The first-order chi connectivity index (χ1) is 11.7. The summed E-state index contributed by atoms with van der Waals surface area (Å²) in [6, 6.07) is 10.3. The van der Waals surface area contributed by atoms with Crippen molar-refractivity contribution in [3.8, 4) is 0 Å². The molecule has 24 heavy (non-hydrogen) atoms. The van der Waals surface area contributed by atoms with Crippen LogP contribution in [-0.4, -0.2) is 29.8 Å². The maximum atomic E-state index is 12.3.